The number of rotatable bonds is 1. The largest absolute Gasteiger partial charge is 0.455 e. The molecule has 0 saturated heterocycles. The zero-order valence-electron chi connectivity index (χ0n) is 17.3. The van der Waals surface area contributed by atoms with Crippen molar-refractivity contribution < 1.29 is 14.5 Å². The molecule has 2 heterocycles. The summed E-state index contributed by atoms with van der Waals surface area (Å²) in [5.41, 5.74) is 4.09. The standard InChI is InChI=1S/C21H17N2O/c1-13-8-9-23(3)18(10-13)20-14(2)4-6-17-16-7-5-15(12-22)11-19(16)24-21(17)20/h4-11H,1-3H3/q+1/i1D3,9D. The van der Waals surface area contributed by atoms with Crippen LogP contribution in [0.5, 0.6) is 0 Å². The minimum atomic E-state index is -2.31. The van der Waals surface area contributed by atoms with Crippen LogP contribution < -0.4 is 4.57 Å². The van der Waals surface area contributed by atoms with Gasteiger partial charge >= 0.3 is 0 Å². The van der Waals surface area contributed by atoms with Crippen molar-refractivity contribution >= 4 is 21.9 Å². The Kier molecular flexibility index (Phi) is 2.30. The third-order valence-electron chi connectivity index (χ3n) is 4.30. The summed E-state index contributed by atoms with van der Waals surface area (Å²) in [5, 5.41) is 10.9. The first-order valence-electron chi connectivity index (χ1n) is 9.58. The summed E-state index contributed by atoms with van der Waals surface area (Å²) in [6.07, 6.45) is 0.0999. The van der Waals surface area contributed by atoms with E-state index in [9.17, 15) is 0 Å². The monoisotopic (exact) mass is 317 g/mol. The smallest absolute Gasteiger partial charge is 0.216 e. The maximum Gasteiger partial charge on any atom is 0.216 e. The predicted octanol–water partition coefficient (Wildman–Crippen LogP) is 4.57. The molecule has 4 aromatic rings. The van der Waals surface area contributed by atoms with Crippen LogP contribution in [0.15, 0.2) is 53.1 Å². The van der Waals surface area contributed by atoms with Crippen LogP contribution in [0.2, 0.25) is 0 Å². The molecular formula is C21H17N2O+. The second kappa shape index (κ2) is 5.21. The van der Waals surface area contributed by atoms with E-state index in [1.54, 1.807) is 29.8 Å². The van der Waals surface area contributed by atoms with Crippen molar-refractivity contribution in [3.63, 3.8) is 0 Å². The fourth-order valence-electron chi connectivity index (χ4n) is 3.09. The predicted molar refractivity (Wildman–Crippen MR) is 94.5 cm³/mol. The van der Waals surface area contributed by atoms with Crippen LogP contribution in [0, 0.1) is 25.1 Å². The quantitative estimate of drug-likeness (QED) is 0.483. The molecule has 0 N–H and O–H groups in total. The van der Waals surface area contributed by atoms with Crippen molar-refractivity contribution in [1.82, 2.24) is 0 Å². The van der Waals surface area contributed by atoms with Gasteiger partial charge in [-0.3, -0.25) is 0 Å². The van der Waals surface area contributed by atoms with Gasteiger partial charge in [-0.05, 0) is 43.1 Å². The fraction of sp³-hybridized carbons (Fsp3) is 0.143. The third kappa shape index (κ3) is 2.08. The van der Waals surface area contributed by atoms with Crippen molar-refractivity contribution in [1.29, 1.82) is 5.26 Å². The molecule has 0 atom stereocenters. The molecule has 0 fully saturated rings. The van der Waals surface area contributed by atoms with Gasteiger partial charge in [-0.15, -0.1) is 0 Å². The summed E-state index contributed by atoms with van der Waals surface area (Å²) in [4.78, 5) is 0. The van der Waals surface area contributed by atoms with E-state index >= 15 is 0 Å². The van der Waals surface area contributed by atoms with Crippen LogP contribution in [-0.4, -0.2) is 0 Å². The first-order valence-corrected chi connectivity index (χ1v) is 7.58. The van der Waals surface area contributed by atoms with Crippen molar-refractivity contribution in [2.75, 3.05) is 0 Å². The Morgan fingerprint density at radius 3 is 2.79 bits per heavy atom. The number of hydrogen-bond acceptors (Lipinski definition) is 2. The maximum atomic E-state index is 9.15. The lowest BCUT2D eigenvalue weighted by Gasteiger charge is -2.06. The lowest BCUT2D eigenvalue weighted by atomic mass is 9.99. The number of aryl methyl sites for hydroxylation is 2. The number of nitrogens with zero attached hydrogens (tertiary/aromatic N) is 2. The van der Waals surface area contributed by atoms with Gasteiger partial charge < -0.3 is 4.42 Å². The van der Waals surface area contributed by atoms with Gasteiger partial charge in [0.1, 0.15) is 19.6 Å². The Bertz CT molecular complexity index is 1300. The highest BCUT2D eigenvalue weighted by Gasteiger charge is 2.20. The number of benzene rings is 2. The summed E-state index contributed by atoms with van der Waals surface area (Å²) < 4.78 is 39.2. The van der Waals surface area contributed by atoms with Gasteiger partial charge in [-0.1, -0.05) is 12.1 Å². The third-order valence-corrected chi connectivity index (χ3v) is 4.30. The lowest BCUT2D eigenvalue weighted by molar-refractivity contribution is -0.660. The molecule has 0 unspecified atom stereocenters. The van der Waals surface area contributed by atoms with Crippen LogP contribution in [0.3, 0.4) is 0 Å². The Hall–Kier alpha value is -3.12. The highest BCUT2D eigenvalue weighted by molar-refractivity contribution is 6.09. The minimum Gasteiger partial charge on any atom is -0.455 e. The average Bonchev–Trinajstić information content (AvgIpc) is 3.00. The number of aromatic nitrogens is 1. The Labute approximate surface area is 146 Å². The highest BCUT2D eigenvalue weighted by atomic mass is 16.3. The number of furan rings is 1. The topological polar surface area (TPSA) is 40.8 Å². The minimum absolute atomic E-state index is 0.0999. The Morgan fingerprint density at radius 1 is 1.17 bits per heavy atom. The normalized spacial score (nSPS) is 14.0. The average molecular weight is 317 g/mol. The molecule has 0 radical (unpaired) electrons. The van der Waals surface area contributed by atoms with Gasteiger partial charge in [0.25, 0.3) is 0 Å². The van der Waals surface area contributed by atoms with Crippen molar-refractivity contribution in [3.05, 3.63) is 65.3 Å². The fourth-order valence-corrected chi connectivity index (χ4v) is 3.09. The first kappa shape index (κ1) is 10.6. The van der Waals surface area contributed by atoms with Gasteiger partial charge in [0.05, 0.1) is 17.2 Å². The molecule has 0 bridgehead atoms. The second-order valence-electron chi connectivity index (χ2n) is 5.88. The van der Waals surface area contributed by atoms with Crippen molar-refractivity contribution in [2.24, 2.45) is 7.05 Å². The summed E-state index contributed by atoms with van der Waals surface area (Å²) in [6, 6.07) is 14.3. The van der Waals surface area contributed by atoms with E-state index in [0.717, 1.165) is 21.9 Å². The summed E-state index contributed by atoms with van der Waals surface area (Å²) in [5.74, 6) is 0. The molecule has 0 aliphatic rings. The molecule has 24 heavy (non-hydrogen) atoms. The number of hydrogen-bond donors (Lipinski definition) is 0. The van der Waals surface area contributed by atoms with Gasteiger partial charge in [0, 0.05) is 27.0 Å². The number of pyridine rings is 1. The molecular weight excluding hydrogens is 296 g/mol. The SMILES string of the molecule is [2H]c1cc(C([2H])([2H])[2H])cc(-c2c(C)ccc3c2oc2cc(C#N)ccc23)[n+]1C. The van der Waals surface area contributed by atoms with E-state index in [0.29, 0.717) is 22.4 Å². The molecule has 2 aromatic carbocycles. The van der Waals surface area contributed by atoms with Gasteiger partial charge in [0.15, 0.2) is 6.17 Å². The van der Waals surface area contributed by atoms with Gasteiger partial charge in [-0.2, -0.15) is 5.26 Å². The van der Waals surface area contributed by atoms with Crippen molar-refractivity contribution in [2.45, 2.75) is 13.8 Å². The van der Waals surface area contributed by atoms with Crippen LogP contribution in [0.1, 0.15) is 22.2 Å². The molecule has 4 rings (SSSR count). The van der Waals surface area contributed by atoms with E-state index in [1.807, 2.05) is 25.1 Å². The van der Waals surface area contributed by atoms with Gasteiger partial charge in [0.2, 0.25) is 5.69 Å². The lowest BCUT2D eigenvalue weighted by Crippen LogP contribution is -2.30. The summed E-state index contributed by atoms with van der Waals surface area (Å²) >= 11 is 0. The van der Waals surface area contributed by atoms with E-state index < -0.39 is 6.85 Å². The van der Waals surface area contributed by atoms with E-state index in [4.69, 9.17) is 15.2 Å². The zero-order valence-corrected chi connectivity index (χ0v) is 13.3. The van der Waals surface area contributed by atoms with Gasteiger partial charge in [-0.25, -0.2) is 4.57 Å². The molecule has 3 nitrogen and oxygen atoms in total. The maximum absolute atomic E-state index is 9.15. The number of nitriles is 1. The molecule has 0 aliphatic heterocycles. The first-order chi connectivity index (χ1) is 13.2. The molecule has 0 amide bonds. The van der Waals surface area contributed by atoms with E-state index in [1.165, 1.54) is 6.07 Å². The van der Waals surface area contributed by atoms with Crippen LogP contribution in [0.4, 0.5) is 0 Å². The molecule has 2 aromatic heterocycles. The Morgan fingerprint density at radius 2 is 2.00 bits per heavy atom. The molecule has 116 valence electrons. The molecule has 3 heteroatoms. The second-order valence-corrected chi connectivity index (χ2v) is 5.88. The van der Waals surface area contributed by atoms with Crippen molar-refractivity contribution in [3.8, 4) is 17.3 Å². The molecule has 0 spiro atoms. The molecule has 0 saturated carbocycles. The number of fused-ring (bicyclic) bond motifs is 3. The van der Waals surface area contributed by atoms with E-state index in [-0.39, 0.29) is 11.7 Å². The molecule has 0 aliphatic carbocycles. The van der Waals surface area contributed by atoms with Crippen LogP contribution in [0.25, 0.3) is 33.2 Å². The van der Waals surface area contributed by atoms with Crippen LogP contribution in [-0.2, 0) is 7.05 Å². The van der Waals surface area contributed by atoms with Crippen LogP contribution >= 0.6 is 0 Å². The Balaban J connectivity index is 2.11. The zero-order chi connectivity index (χ0) is 20.2. The summed E-state index contributed by atoms with van der Waals surface area (Å²) in [7, 11) is 1.73. The van der Waals surface area contributed by atoms with E-state index in [2.05, 4.69) is 6.07 Å². The highest BCUT2D eigenvalue weighted by Crippen LogP contribution is 2.37. The summed E-state index contributed by atoms with van der Waals surface area (Å²) in [6.45, 7) is -0.384.